The summed E-state index contributed by atoms with van der Waals surface area (Å²) in [5.41, 5.74) is 2.58. The molecule has 1 N–H and O–H groups in total. The number of nitrogens with one attached hydrogen (secondary N) is 1. The molecule has 0 heterocycles. The molecule has 0 spiro atoms. The molecule has 2 rings (SSSR count). The molecule has 2 aromatic rings. The molecule has 2 amide bonds. The first-order chi connectivity index (χ1) is 15.9. The molecule has 0 unspecified atom stereocenters. The third-order valence-electron chi connectivity index (χ3n) is 5.44. The molecule has 0 saturated heterocycles. The van der Waals surface area contributed by atoms with E-state index < -0.39 is 28.5 Å². The summed E-state index contributed by atoms with van der Waals surface area (Å²) in [6, 6.07) is 9.60. The van der Waals surface area contributed by atoms with Crippen LogP contribution in [0.25, 0.3) is 0 Å². The molecule has 1 atom stereocenters. The van der Waals surface area contributed by atoms with Gasteiger partial charge in [0.25, 0.3) is 0 Å². The Kier molecular flexibility index (Phi) is 9.79. The second-order valence-electron chi connectivity index (χ2n) is 8.10. The Bertz CT molecular complexity index is 1130. The minimum Gasteiger partial charge on any atom is -0.355 e. The van der Waals surface area contributed by atoms with Crippen molar-refractivity contribution in [3.63, 3.8) is 0 Å². The SMILES string of the molecule is CCNC(=O)[C@@H](CC)N(Cc1ccc(Cl)c(Cl)c1)C(=O)CN(c1c(C)cccc1C)S(C)(=O)=O. The number of para-hydroxylation sites is 1. The van der Waals surface area contributed by atoms with Crippen molar-refractivity contribution in [3.8, 4) is 0 Å². The maximum absolute atomic E-state index is 13.6. The number of likely N-dealkylation sites (N-methyl/N-ethyl adjacent to an activating group) is 1. The molecule has 0 saturated carbocycles. The van der Waals surface area contributed by atoms with Gasteiger partial charge in [0.1, 0.15) is 12.6 Å². The molecule has 0 aliphatic rings. The molecule has 2 aromatic carbocycles. The van der Waals surface area contributed by atoms with E-state index in [1.807, 2.05) is 6.07 Å². The van der Waals surface area contributed by atoms with Gasteiger partial charge in [-0.3, -0.25) is 13.9 Å². The molecule has 0 aliphatic carbocycles. The van der Waals surface area contributed by atoms with Gasteiger partial charge in [-0.05, 0) is 56.0 Å². The Morgan fingerprint density at radius 1 is 1.03 bits per heavy atom. The van der Waals surface area contributed by atoms with Gasteiger partial charge in [-0.25, -0.2) is 8.42 Å². The molecule has 0 radical (unpaired) electrons. The largest absolute Gasteiger partial charge is 0.355 e. The van der Waals surface area contributed by atoms with Crippen molar-refractivity contribution in [2.75, 3.05) is 23.7 Å². The zero-order valence-corrected chi connectivity index (χ0v) is 22.4. The maximum Gasteiger partial charge on any atom is 0.244 e. The first-order valence-corrected chi connectivity index (χ1v) is 13.6. The number of carbonyl (C=O) groups excluding carboxylic acids is 2. The van der Waals surface area contributed by atoms with Gasteiger partial charge in [0.15, 0.2) is 0 Å². The van der Waals surface area contributed by atoms with E-state index in [0.717, 1.165) is 21.7 Å². The van der Waals surface area contributed by atoms with Crippen LogP contribution >= 0.6 is 23.2 Å². The van der Waals surface area contributed by atoms with E-state index in [9.17, 15) is 18.0 Å². The van der Waals surface area contributed by atoms with Crippen molar-refractivity contribution in [2.24, 2.45) is 0 Å². The highest BCUT2D eigenvalue weighted by Gasteiger charge is 2.32. The van der Waals surface area contributed by atoms with Crippen molar-refractivity contribution < 1.29 is 18.0 Å². The van der Waals surface area contributed by atoms with Crippen LogP contribution in [0, 0.1) is 13.8 Å². The minimum absolute atomic E-state index is 0.0652. The average Bonchev–Trinajstić information content (AvgIpc) is 2.74. The zero-order chi connectivity index (χ0) is 25.6. The molecule has 10 heteroatoms. The molecule has 186 valence electrons. The Morgan fingerprint density at radius 2 is 1.65 bits per heavy atom. The molecule has 34 heavy (non-hydrogen) atoms. The predicted molar refractivity (Wildman–Crippen MR) is 138 cm³/mol. The quantitative estimate of drug-likeness (QED) is 0.498. The lowest BCUT2D eigenvalue weighted by Gasteiger charge is -2.33. The fraction of sp³-hybridized carbons (Fsp3) is 0.417. The number of halogens is 2. The van der Waals surface area contributed by atoms with Crippen molar-refractivity contribution >= 4 is 50.7 Å². The smallest absolute Gasteiger partial charge is 0.244 e. The summed E-state index contributed by atoms with van der Waals surface area (Å²) in [5.74, 6) is -0.811. The van der Waals surface area contributed by atoms with Crippen LogP contribution < -0.4 is 9.62 Å². The van der Waals surface area contributed by atoms with E-state index in [2.05, 4.69) is 5.32 Å². The van der Waals surface area contributed by atoms with Crippen molar-refractivity contribution in [1.29, 1.82) is 0 Å². The number of amides is 2. The van der Waals surface area contributed by atoms with Crippen LogP contribution in [0.4, 0.5) is 5.69 Å². The summed E-state index contributed by atoms with van der Waals surface area (Å²) < 4.78 is 26.6. The zero-order valence-electron chi connectivity index (χ0n) is 20.1. The minimum atomic E-state index is -3.79. The van der Waals surface area contributed by atoms with Gasteiger partial charge in [0.2, 0.25) is 21.8 Å². The second kappa shape index (κ2) is 11.9. The number of hydrogen-bond donors (Lipinski definition) is 1. The van der Waals surface area contributed by atoms with Crippen LogP contribution in [0.15, 0.2) is 36.4 Å². The predicted octanol–water partition coefficient (Wildman–Crippen LogP) is 4.32. The number of nitrogens with zero attached hydrogens (tertiary/aromatic N) is 2. The summed E-state index contributed by atoms with van der Waals surface area (Å²) in [7, 11) is -3.79. The van der Waals surface area contributed by atoms with Gasteiger partial charge >= 0.3 is 0 Å². The first-order valence-electron chi connectivity index (χ1n) is 11.0. The van der Waals surface area contributed by atoms with Gasteiger partial charge in [0, 0.05) is 13.1 Å². The fourth-order valence-electron chi connectivity index (χ4n) is 3.82. The van der Waals surface area contributed by atoms with E-state index in [0.29, 0.717) is 34.3 Å². The van der Waals surface area contributed by atoms with Crippen LogP contribution in [-0.2, 0) is 26.2 Å². The number of carbonyl (C=O) groups is 2. The third-order valence-corrected chi connectivity index (χ3v) is 7.29. The normalized spacial score (nSPS) is 12.2. The van der Waals surface area contributed by atoms with Crippen molar-refractivity contribution in [1.82, 2.24) is 10.2 Å². The van der Waals surface area contributed by atoms with E-state index in [-0.39, 0.29) is 12.5 Å². The van der Waals surface area contributed by atoms with Crippen molar-refractivity contribution in [3.05, 3.63) is 63.1 Å². The molecular formula is C24H31Cl2N3O4S. The lowest BCUT2D eigenvalue weighted by atomic mass is 10.1. The lowest BCUT2D eigenvalue weighted by molar-refractivity contribution is -0.140. The van der Waals surface area contributed by atoms with Crippen LogP contribution in [0.5, 0.6) is 0 Å². The summed E-state index contributed by atoms with van der Waals surface area (Å²) in [4.78, 5) is 27.8. The van der Waals surface area contributed by atoms with E-state index in [1.165, 1.54) is 4.90 Å². The second-order valence-corrected chi connectivity index (χ2v) is 10.8. The highest BCUT2D eigenvalue weighted by molar-refractivity contribution is 7.92. The Hall–Kier alpha value is -2.29. The average molecular weight is 529 g/mol. The topological polar surface area (TPSA) is 86.8 Å². The molecule has 7 nitrogen and oxygen atoms in total. The molecule has 0 bridgehead atoms. The maximum atomic E-state index is 13.6. The lowest BCUT2D eigenvalue weighted by Crippen LogP contribution is -2.52. The summed E-state index contributed by atoms with van der Waals surface area (Å²) in [6.45, 7) is 7.21. The van der Waals surface area contributed by atoms with Crippen LogP contribution in [-0.4, -0.2) is 50.5 Å². The number of anilines is 1. The third kappa shape index (κ3) is 6.87. The van der Waals surface area contributed by atoms with Crippen LogP contribution in [0.1, 0.15) is 37.0 Å². The van der Waals surface area contributed by atoms with Crippen LogP contribution in [0.3, 0.4) is 0 Å². The highest BCUT2D eigenvalue weighted by Crippen LogP contribution is 2.28. The van der Waals surface area contributed by atoms with E-state index in [4.69, 9.17) is 23.2 Å². The highest BCUT2D eigenvalue weighted by atomic mass is 35.5. The number of hydrogen-bond acceptors (Lipinski definition) is 4. The Labute approximate surface area is 212 Å². The Balaban J connectivity index is 2.51. The molecule has 0 fully saturated rings. The molecule has 0 aromatic heterocycles. The van der Waals surface area contributed by atoms with Gasteiger partial charge in [-0.1, -0.05) is 54.4 Å². The number of rotatable bonds is 10. The number of aryl methyl sites for hydroxylation is 2. The van der Waals surface area contributed by atoms with Crippen molar-refractivity contribution in [2.45, 2.75) is 46.7 Å². The standard InChI is InChI=1S/C24H31Cl2N3O4S/c1-6-21(24(31)27-7-2)28(14-18-11-12-19(25)20(26)13-18)22(30)15-29(34(5,32)33)23-16(3)9-8-10-17(23)4/h8-13,21H,6-7,14-15H2,1-5H3,(H,27,31)/t21-/m1/s1. The number of sulfonamides is 1. The van der Waals surface area contributed by atoms with E-state index >= 15 is 0 Å². The van der Waals surface area contributed by atoms with Gasteiger partial charge in [-0.2, -0.15) is 0 Å². The summed E-state index contributed by atoms with van der Waals surface area (Å²) >= 11 is 12.2. The monoisotopic (exact) mass is 527 g/mol. The molecule has 0 aliphatic heterocycles. The van der Waals surface area contributed by atoms with Gasteiger partial charge in [0.05, 0.1) is 22.0 Å². The molecular weight excluding hydrogens is 497 g/mol. The fourth-order valence-corrected chi connectivity index (χ4v) is 5.11. The van der Waals surface area contributed by atoms with Gasteiger partial charge < -0.3 is 10.2 Å². The van der Waals surface area contributed by atoms with E-state index in [1.54, 1.807) is 58.0 Å². The van der Waals surface area contributed by atoms with Gasteiger partial charge in [-0.15, -0.1) is 0 Å². The Morgan fingerprint density at radius 3 is 2.15 bits per heavy atom. The first kappa shape index (κ1) is 28.0. The number of benzene rings is 2. The van der Waals surface area contributed by atoms with Crippen LogP contribution in [0.2, 0.25) is 10.0 Å². The summed E-state index contributed by atoms with van der Waals surface area (Å²) in [6.07, 6.45) is 1.41. The summed E-state index contributed by atoms with van der Waals surface area (Å²) in [5, 5.41) is 3.46.